The molecule has 0 aliphatic rings. The smallest absolute Gasteiger partial charge is 0.0998 e. The molecule has 142 valence electrons. The van der Waals surface area contributed by atoms with Gasteiger partial charge in [0.05, 0.1) is 23.3 Å². The highest BCUT2D eigenvalue weighted by molar-refractivity contribution is 7.13. The highest BCUT2D eigenvalue weighted by Crippen LogP contribution is 2.25. The highest BCUT2D eigenvalue weighted by atomic mass is 32.1. The molecule has 3 rings (SSSR count). The van der Waals surface area contributed by atoms with E-state index in [-0.39, 0.29) is 0 Å². The molecule has 0 atom stereocenters. The molecular weight excluding hydrogens is 372 g/mol. The summed E-state index contributed by atoms with van der Waals surface area (Å²) in [6, 6.07) is 24.9. The highest BCUT2D eigenvalue weighted by Gasteiger charge is 2.05. The Morgan fingerprint density at radius 2 is 1.48 bits per heavy atom. The molecule has 0 N–H and O–H groups in total. The number of allylic oxidation sites excluding steroid dienone is 3. The number of hydrogen-bond acceptors (Lipinski definition) is 3. The van der Waals surface area contributed by atoms with Crippen molar-refractivity contribution in [2.24, 2.45) is 0 Å². The first kappa shape index (κ1) is 20.3. The Balaban J connectivity index is 1.76. The largest absolute Gasteiger partial charge is 0.192 e. The molecule has 0 saturated carbocycles. The predicted octanol–water partition coefficient (Wildman–Crippen LogP) is 6.83. The van der Waals surface area contributed by atoms with Gasteiger partial charge in [0.1, 0.15) is 0 Å². The maximum Gasteiger partial charge on any atom is 0.0998 e. The Bertz CT molecular complexity index is 1120. The van der Waals surface area contributed by atoms with Crippen molar-refractivity contribution in [2.45, 2.75) is 26.7 Å². The number of thiophene rings is 1. The normalized spacial score (nSPS) is 11.7. The summed E-state index contributed by atoms with van der Waals surface area (Å²) in [5.74, 6) is 0. The SMILES string of the molecule is CCc1ccc(/C(C#N)=C/Cc2ccc(/C=C(\C#N)c3ccc(C)cc3)s2)cc1. The van der Waals surface area contributed by atoms with Crippen LogP contribution >= 0.6 is 11.3 Å². The first-order valence-electron chi connectivity index (χ1n) is 9.60. The zero-order valence-corrected chi connectivity index (χ0v) is 17.5. The van der Waals surface area contributed by atoms with Crippen LogP contribution in [-0.2, 0) is 12.8 Å². The van der Waals surface area contributed by atoms with Gasteiger partial charge in [-0.3, -0.25) is 0 Å². The molecule has 0 fully saturated rings. The van der Waals surface area contributed by atoms with Gasteiger partial charge >= 0.3 is 0 Å². The zero-order chi connectivity index (χ0) is 20.6. The lowest BCUT2D eigenvalue weighted by molar-refractivity contribution is 1.14. The Kier molecular flexibility index (Phi) is 6.80. The molecule has 0 unspecified atom stereocenters. The van der Waals surface area contributed by atoms with Crippen LogP contribution in [0.3, 0.4) is 0 Å². The lowest BCUT2D eigenvalue weighted by atomic mass is 10.0. The third kappa shape index (κ3) is 5.32. The van der Waals surface area contributed by atoms with Crippen LogP contribution in [0.1, 0.15) is 38.9 Å². The topological polar surface area (TPSA) is 47.6 Å². The van der Waals surface area contributed by atoms with E-state index in [0.717, 1.165) is 27.3 Å². The fraction of sp³-hybridized carbons (Fsp3) is 0.154. The van der Waals surface area contributed by atoms with Crippen molar-refractivity contribution < 1.29 is 0 Å². The standard InChI is InChI=1S/C26H22N2S/c1-3-20-6-10-21(11-7-20)23(17-27)12-13-25-14-15-26(29-25)16-24(18-28)22-8-4-19(2)5-9-22/h4-12,14-16H,3,13H2,1-2H3/b23-12+,24-16+. The van der Waals surface area contributed by atoms with Crippen LogP contribution in [0.5, 0.6) is 0 Å². The summed E-state index contributed by atoms with van der Waals surface area (Å²) in [7, 11) is 0. The van der Waals surface area contributed by atoms with E-state index in [2.05, 4.69) is 37.3 Å². The number of benzene rings is 2. The predicted molar refractivity (Wildman–Crippen MR) is 122 cm³/mol. The van der Waals surface area contributed by atoms with E-state index >= 15 is 0 Å². The van der Waals surface area contributed by atoms with Crippen molar-refractivity contribution in [3.63, 3.8) is 0 Å². The van der Waals surface area contributed by atoms with E-state index in [1.807, 2.05) is 61.5 Å². The minimum Gasteiger partial charge on any atom is -0.192 e. The molecule has 0 radical (unpaired) electrons. The van der Waals surface area contributed by atoms with Crippen LogP contribution in [0, 0.1) is 29.6 Å². The summed E-state index contributed by atoms with van der Waals surface area (Å²) < 4.78 is 0. The molecule has 3 aromatic rings. The molecule has 1 aromatic heterocycles. The summed E-state index contributed by atoms with van der Waals surface area (Å²) >= 11 is 1.65. The molecule has 0 spiro atoms. The molecule has 0 aliphatic carbocycles. The summed E-state index contributed by atoms with van der Waals surface area (Å²) in [6.07, 6.45) is 5.59. The molecule has 29 heavy (non-hydrogen) atoms. The molecule has 0 amide bonds. The van der Waals surface area contributed by atoms with Crippen LogP contribution in [0.2, 0.25) is 0 Å². The van der Waals surface area contributed by atoms with Gasteiger partial charge in [0, 0.05) is 16.2 Å². The van der Waals surface area contributed by atoms with Gasteiger partial charge in [-0.1, -0.05) is 67.1 Å². The van der Waals surface area contributed by atoms with E-state index < -0.39 is 0 Å². The Labute approximate surface area is 176 Å². The van der Waals surface area contributed by atoms with E-state index in [0.29, 0.717) is 17.6 Å². The Morgan fingerprint density at radius 3 is 2.10 bits per heavy atom. The maximum atomic E-state index is 9.53. The van der Waals surface area contributed by atoms with Gasteiger partial charge in [-0.05, 0) is 48.2 Å². The Hall–Kier alpha value is -3.40. The second-order valence-corrected chi connectivity index (χ2v) is 8.02. The minimum atomic E-state index is 0.655. The number of aryl methyl sites for hydroxylation is 2. The number of hydrogen-bond donors (Lipinski definition) is 0. The molecule has 1 heterocycles. The van der Waals surface area contributed by atoms with Crippen LogP contribution in [0.15, 0.2) is 66.7 Å². The van der Waals surface area contributed by atoms with Gasteiger partial charge in [-0.15, -0.1) is 11.3 Å². The van der Waals surface area contributed by atoms with Gasteiger partial charge < -0.3 is 0 Å². The van der Waals surface area contributed by atoms with Crippen molar-refractivity contribution in [3.8, 4) is 12.1 Å². The van der Waals surface area contributed by atoms with E-state index in [4.69, 9.17) is 0 Å². The third-order valence-electron chi connectivity index (χ3n) is 4.75. The molecule has 2 aromatic carbocycles. The lowest BCUT2D eigenvalue weighted by Crippen LogP contribution is -1.85. The summed E-state index contributed by atoms with van der Waals surface area (Å²) in [5, 5.41) is 19.1. The number of nitriles is 2. The second-order valence-electron chi connectivity index (χ2n) is 6.82. The third-order valence-corrected chi connectivity index (χ3v) is 5.81. The van der Waals surface area contributed by atoms with Gasteiger partial charge in [0.2, 0.25) is 0 Å². The van der Waals surface area contributed by atoms with Crippen molar-refractivity contribution >= 4 is 28.6 Å². The number of nitrogens with zero attached hydrogens (tertiary/aromatic N) is 2. The quantitative estimate of drug-likeness (QED) is 0.430. The summed E-state index contributed by atoms with van der Waals surface area (Å²) in [5.41, 5.74) is 5.66. The van der Waals surface area contributed by atoms with Gasteiger partial charge in [-0.2, -0.15) is 10.5 Å². The Morgan fingerprint density at radius 1 is 0.862 bits per heavy atom. The van der Waals surface area contributed by atoms with Gasteiger partial charge in [-0.25, -0.2) is 0 Å². The van der Waals surface area contributed by atoms with Crippen molar-refractivity contribution in [1.29, 1.82) is 10.5 Å². The average molecular weight is 395 g/mol. The van der Waals surface area contributed by atoms with E-state index in [1.54, 1.807) is 11.3 Å². The number of rotatable bonds is 6. The first-order valence-corrected chi connectivity index (χ1v) is 10.4. The van der Waals surface area contributed by atoms with Crippen LogP contribution in [0.25, 0.3) is 17.2 Å². The molecule has 0 saturated heterocycles. The molecule has 0 aliphatic heterocycles. The first-order chi connectivity index (χ1) is 14.1. The second kappa shape index (κ2) is 9.69. The monoisotopic (exact) mass is 394 g/mol. The zero-order valence-electron chi connectivity index (χ0n) is 16.6. The van der Waals surface area contributed by atoms with Crippen LogP contribution in [-0.4, -0.2) is 0 Å². The fourth-order valence-electron chi connectivity index (χ4n) is 2.99. The van der Waals surface area contributed by atoms with Crippen molar-refractivity contribution in [1.82, 2.24) is 0 Å². The summed E-state index contributed by atoms with van der Waals surface area (Å²) in [6.45, 7) is 4.15. The molecule has 2 nitrogen and oxygen atoms in total. The average Bonchev–Trinajstić information content (AvgIpc) is 3.21. The van der Waals surface area contributed by atoms with Crippen LogP contribution < -0.4 is 0 Å². The van der Waals surface area contributed by atoms with Crippen LogP contribution in [0.4, 0.5) is 0 Å². The van der Waals surface area contributed by atoms with Crippen molar-refractivity contribution in [2.75, 3.05) is 0 Å². The fourth-order valence-corrected chi connectivity index (χ4v) is 3.91. The van der Waals surface area contributed by atoms with Crippen molar-refractivity contribution in [3.05, 3.63) is 98.7 Å². The van der Waals surface area contributed by atoms with E-state index in [1.165, 1.54) is 11.1 Å². The van der Waals surface area contributed by atoms with E-state index in [9.17, 15) is 10.5 Å². The maximum absolute atomic E-state index is 9.53. The molecule has 3 heteroatoms. The van der Waals surface area contributed by atoms with Gasteiger partial charge in [0.25, 0.3) is 0 Å². The minimum absolute atomic E-state index is 0.655. The van der Waals surface area contributed by atoms with Gasteiger partial charge in [0.15, 0.2) is 0 Å². The summed E-state index contributed by atoms with van der Waals surface area (Å²) in [4.78, 5) is 2.20. The molecule has 0 bridgehead atoms. The lowest BCUT2D eigenvalue weighted by Gasteiger charge is -2.01. The molecular formula is C26H22N2S.